The van der Waals surface area contributed by atoms with Crippen molar-refractivity contribution in [2.45, 2.75) is 45.6 Å². The lowest BCUT2D eigenvalue weighted by molar-refractivity contribution is -0.121. The lowest BCUT2D eigenvalue weighted by Crippen LogP contribution is -2.45. The lowest BCUT2D eigenvalue weighted by atomic mass is 9.79. The third-order valence-corrected chi connectivity index (χ3v) is 7.35. The second-order valence-corrected chi connectivity index (χ2v) is 9.96. The van der Waals surface area contributed by atoms with Crippen LogP contribution in [0, 0.1) is 6.92 Å². The molecule has 5 heteroatoms. The molecule has 4 rings (SSSR count). The van der Waals surface area contributed by atoms with E-state index in [2.05, 4.69) is 56.8 Å². The Morgan fingerprint density at radius 2 is 1.87 bits per heavy atom. The molecule has 0 bridgehead atoms. The highest BCUT2D eigenvalue weighted by molar-refractivity contribution is 8.18. The number of aliphatic imine (C=N–C) groups is 1. The normalized spacial score (nSPS) is 23.4. The molecule has 2 aromatic rings. The van der Waals surface area contributed by atoms with E-state index >= 15 is 0 Å². The molecule has 0 spiro atoms. The molecule has 1 atom stereocenters. The van der Waals surface area contributed by atoms with Gasteiger partial charge in [0, 0.05) is 25.3 Å². The molecule has 2 aliphatic heterocycles. The topological polar surface area (TPSA) is 35.9 Å². The number of fused-ring (bicyclic) bond motifs is 1. The molecule has 1 saturated heterocycles. The van der Waals surface area contributed by atoms with Crippen LogP contribution in [0.3, 0.4) is 0 Å². The summed E-state index contributed by atoms with van der Waals surface area (Å²) in [5.74, 6) is 0.479. The molecule has 2 aliphatic rings. The van der Waals surface area contributed by atoms with Gasteiger partial charge in [-0.25, -0.2) is 4.99 Å². The number of rotatable bonds is 2. The lowest BCUT2D eigenvalue weighted by Gasteiger charge is -2.45. The van der Waals surface area contributed by atoms with Crippen LogP contribution in [-0.2, 0) is 4.79 Å². The first-order chi connectivity index (χ1) is 14.2. The molecule has 156 valence electrons. The number of aryl methyl sites for hydroxylation is 1. The number of amidine groups is 1. The van der Waals surface area contributed by atoms with E-state index in [0.29, 0.717) is 16.0 Å². The van der Waals surface area contributed by atoms with Crippen LogP contribution in [0.15, 0.2) is 52.4 Å². The van der Waals surface area contributed by atoms with Gasteiger partial charge in [0.1, 0.15) is 0 Å². The Balaban J connectivity index is 1.70. The fourth-order valence-corrected chi connectivity index (χ4v) is 5.27. The van der Waals surface area contributed by atoms with E-state index in [9.17, 15) is 4.79 Å². The van der Waals surface area contributed by atoms with Gasteiger partial charge in [0.15, 0.2) is 5.17 Å². The van der Waals surface area contributed by atoms with Crippen molar-refractivity contribution in [3.05, 3.63) is 64.1 Å². The third kappa shape index (κ3) is 3.67. The average molecular weight is 420 g/mol. The third-order valence-electron chi connectivity index (χ3n) is 6.29. The van der Waals surface area contributed by atoms with Crippen LogP contribution in [0.25, 0.3) is 6.08 Å². The maximum atomic E-state index is 12.9. The van der Waals surface area contributed by atoms with Gasteiger partial charge in [0.05, 0.1) is 10.6 Å². The van der Waals surface area contributed by atoms with Gasteiger partial charge in [-0.1, -0.05) is 25.1 Å². The summed E-state index contributed by atoms with van der Waals surface area (Å²) in [7, 11) is 3.97. The molecule has 1 amide bonds. The summed E-state index contributed by atoms with van der Waals surface area (Å²) in [4.78, 5) is 22.2. The molecule has 0 N–H and O–H groups in total. The summed E-state index contributed by atoms with van der Waals surface area (Å²) >= 11 is 1.44. The quantitative estimate of drug-likeness (QED) is 0.564. The maximum Gasteiger partial charge on any atom is 0.266 e. The first-order valence-electron chi connectivity index (χ1n) is 10.4. The maximum absolute atomic E-state index is 12.9. The zero-order valence-electron chi connectivity index (χ0n) is 18.6. The molecule has 1 unspecified atom stereocenters. The average Bonchev–Trinajstić information content (AvgIpc) is 2.96. The van der Waals surface area contributed by atoms with Gasteiger partial charge < -0.3 is 4.90 Å². The Morgan fingerprint density at radius 1 is 1.17 bits per heavy atom. The van der Waals surface area contributed by atoms with Crippen molar-refractivity contribution in [1.29, 1.82) is 0 Å². The van der Waals surface area contributed by atoms with Gasteiger partial charge in [-0.2, -0.15) is 0 Å². The largest absolute Gasteiger partial charge is 0.369 e. The van der Waals surface area contributed by atoms with Crippen molar-refractivity contribution in [2.75, 3.05) is 19.0 Å². The number of hydrogen-bond donors (Lipinski definition) is 0. The van der Waals surface area contributed by atoms with E-state index in [1.54, 1.807) is 11.9 Å². The molecular weight excluding hydrogens is 390 g/mol. The van der Waals surface area contributed by atoms with Gasteiger partial charge >= 0.3 is 0 Å². The molecular formula is C25H29N3OS. The van der Waals surface area contributed by atoms with Crippen molar-refractivity contribution in [1.82, 2.24) is 4.90 Å². The van der Waals surface area contributed by atoms with Crippen LogP contribution in [-0.4, -0.2) is 35.6 Å². The van der Waals surface area contributed by atoms with E-state index in [-0.39, 0.29) is 11.4 Å². The van der Waals surface area contributed by atoms with E-state index < -0.39 is 0 Å². The number of hydrogen-bond acceptors (Lipinski definition) is 4. The molecule has 0 aromatic heterocycles. The van der Waals surface area contributed by atoms with E-state index in [4.69, 9.17) is 0 Å². The number of thioether (sulfide) groups is 1. The first-order valence-corrected chi connectivity index (χ1v) is 11.2. The molecule has 1 fully saturated rings. The Hall–Kier alpha value is -2.53. The minimum Gasteiger partial charge on any atom is -0.369 e. The number of likely N-dealkylation sites (N-methyl/N-ethyl adjacent to an activating group) is 1. The molecule has 2 aromatic carbocycles. The van der Waals surface area contributed by atoms with Gasteiger partial charge in [0.25, 0.3) is 5.91 Å². The number of nitrogens with zero attached hydrogens (tertiary/aromatic N) is 3. The highest BCUT2D eigenvalue weighted by Crippen LogP contribution is 2.44. The van der Waals surface area contributed by atoms with Gasteiger partial charge in [-0.15, -0.1) is 0 Å². The Kier molecular flexibility index (Phi) is 5.27. The van der Waals surface area contributed by atoms with Crippen molar-refractivity contribution in [3.63, 3.8) is 0 Å². The summed E-state index contributed by atoms with van der Waals surface area (Å²) in [6, 6.07) is 14.3. The van der Waals surface area contributed by atoms with Crippen LogP contribution < -0.4 is 4.90 Å². The highest BCUT2D eigenvalue weighted by atomic mass is 32.2. The SMILES string of the molecule is Cc1cc2c(cc1/C=C1\SC(=Nc3ccccc3)N(C)C1=O)C(C)CC(C)(C)N2C. The summed E-state index contributed by atoms with van der Waals surface area (Å²) in [6.45, 7) is 9.02. The minimum atomic E-state index is -0.00176. The second-order valence-electron chi connectivity index (χ2n) is 8.95. The number of anilines is 1. The summed E-state index contributed by atoms with van der Waals surface area (Å²) < 4.78 is 0. The molecule has 0 saturated carbocycles. The van der Waals surface area contributed by atoms with Crippen LogP contribution in [0.4, 0.5) is 11.4 Å². The van der Waals surface area contributed by atoms with E-state index in [0.717, 1.165) is 17.7 Å². The second kappa shape index (κ2) is 7.62. The predicted molar refractivity (Wildman–Crippen MR) is 129 cm³/mol. The summed E-state index contributed by atoms with van der Waals surface area (Å²) in [5.41, 5.74) is 5.94. The Bertz CT molecular complexity index is 1060. The van der Waals surface area contributed by atoms with E-state index in [1.165, 1.54) is 28.6 Å². The Labute approximate surface area is 183 Å². The van der Waals surface area contributed by atoms with Gasteiger partial charge in [0.2, 0.25) is 0 Å². The smallest absolute Gasteiger partial charge is 0.266 e. The summed E-state index contributed by atoms with van der Waals surface area (Å²) in [5, 5.41) is 0.711. The number of para-hydroxylation sites is 1. The van der Waals surface area contributed by atoms with Crippen molar-refractivity contribution in [2.24, 2.45) is 4.99 Å². The van der Waals surface area contributed by atoms with Crippen molar-refractivity contribution in [3.8, 4) is 0 Å². The van der Waals surface area contributed by atoms with Crippen molar-refractivity contribution >= 4 is 40.3 Å². The fourth-order valence-electron chi connectivity index (χ4n) is 4.30. The van der Waals surface area contributed by atoms with E-state index in [1.807, 2.05) is 36.4 Å². The molecule has 4 nitrogen and oxygen atoms in total. The standard InChI is InChI=1S/C25H29N3OS/c1-16-12-21-20(17(2)15-25(3,4)28(21)6)13-18(16)14-22-23(29)27(5)24(30-22)26-19-10-8-7-9-11-19/h7-14,17H,15H2,1-6H3/b22-14-,26-24?. The van der Waals surface area contributed by atoms with Gasteiger partial charge in [-0.05, 0) is 91.9 Å². The fraction of sp³-hybridized carbons (Fsp3) is 0.360. The Morgan fingerprint density at radius 3 is 2.57 bits per heavy atom. The van der Waals surface area contributed by atoms with Crippen molar-refractivity contribution < 1.29 is 4.79 Å². The molecule has 0 radical (unpaired) electrons. The van der Waals surface area contributed by atoms with Crippen LogP contribution >= 0.6 is 11.8 Å². The summed E-state index contributed by atoms with van der Waals surface area (Å²) in [6.07, 6.45) is 3.14. The predicted octanol–water partition coefficient (Wildman–Crippen LogP) is 5.95. The monoisotopic (exact) mass is 419 g/mol. The molecule has 30 heavy (non-hydrogen) atoms. The van der Waals surface area contributed by atoms with Crippen LogP contribution in [0.1, 0.15) is 49.8 Å². The number of carbonyl (C=O) groups excluding carboxylic acids is 1. The van der Waals surface area contributed by atoms with Crippen LogP contribution in [0.5, 0.6) is 0 Å². The highest BCUT2D eigenvalue weighted by Gasteiger charge is 2.35. The molecule has 0 aliphatic carbocycles. The first kappa shape index (κ1) is 20.7. The zero-order chi connectivity index (χ0) is 21.6. The van der Waals surface area contributed by atoms with Crippen LogP contribution in [0.2, 0.25) is 0 Å². The molecule has 2 heterocycles. The van der Waals surface area contributed by atoms with Gasteiger partial charge in [-0.3, -0.25) is 9.69 Å². The minimum absolute atomic E-state index is 0.00176. The number of carbonyl (C=O) groups is 1. The number of amides is 1. The number of benzene rings is 2. The zero-order valence-corrected chi connectivity index (χ0v) is 19.4.